The summed E-state index contributed by atoms with van der Waals surface area (Å²) in [5.41, 5.74) is 2.92. The molecule has 210 valence electrons. The van der Waals surface area contributed by atoms with Crippen molar-refractivity contribution in [2.45, 2.75) is 49.9 Å². The maximum absolute atomic E-state index is 12.2. The van der Waals surface area contributed by atoms with Gasteiger partial charge in [-0.25, -0.2) is 9.78 Å². The number of aliphatic hydroxyl groups excluding tert-OH is 1. The number of aromatic carboxylic acids is 1. The van der Waals surface area contributed by atoms with Crippen molar-refractivity contribution in [1.29, 1.82) is 0 Å². The minimum Gasteiger partial charge on any atom is -0.481 e. The Morgan fingerprint density at radius 2 is 1.75 bits per heavy atom. The Balaban J connectivity index is 1.58. The highest BCUT2D eigenvalue weighted by molar-refractivity contribution is 7.99. The predicted molar refractivity (Wildman–Crippen MR) is 147 cm³/mol. The summed E-state index contributed by atoms with van der Waals surface area (Å²) in [4.78, 5) is 38.9. The summed E-state index contributed by atoms with van der Waals surface area (Å²) in [5.74, 6) is -2.24. The molecule has 3 aromatic rings. The zero-order valence-electron chi connectivity index (χ0n) is 21.7. The molecule has 1 aromatic heterocycles. The molecule has 0 unspecified atom stereocenters. The second-order valence-electron chi connectivity index (χ2n) is 9.36. The first-order valence-electron chi connectivity index (χ1n) is 12.7. The van der Waals surface area contributed by atoms with Crippen LogP contribution in [0, 0.1) is 5.92 Å². The zero-order chi connectivity index (χ0) is 28.6. The number of nitrogens with one attached hydrogen (secondary N) is 1. The average Bonchev–Trinajstić information content (AvgIpc) is 2.96. The first-order chi connectivity index (χ1) is 19.2. The molecule has 2 aromatic carbocycles. The van der Waals surface area contributed by atoms with Crippen molar-refractivity contribution in [2.75, 3.05) is 11.1 Å². The molecule has 2 heterocycles. The van der Waals surface area contributed by atoms with Gasteiger partial charge in [0.2, 0.25) is 5.91 Å². The number of anilines is 1. The minimum absolute atomic E-state index is 0.0761. The lowest BCUT2D eigenvalue weighted by Gasteiger charge is -2.41. The molecule has 4 rings (SSSR count). The Kier molecular flexibility index (Phi) is 9.88. The van der Waals surface area contributed by atoms with E-state index in [2.05, 4.69) is 10.3 Å². The average molecular weight is 567 g/mol. The first kappa shape index (κ1) is 29.2. The molecule has 0 radical (unpaired) electrons. The van der Waals surface area contributed by atoms with Gasteiger partial charge in [-0.05, 0) is 35.4 Å². The van der Waals surface area contributed by atoms with Gasteiger partial charge < -0.3 is 30.1 Å². The van der Waals surface area contributed by atoms with Crippen LogP contribution >= 0.6 is 11.8 Å². The third-order valence-electron chi connectivity index (χ3n) is 6.52. The lowest BCUT2D eigenvalue weighted by Crippen LogP contribution is -2.38. The van der Waals surface area contributed by atoms with E-state index in [0.29, 0.717) is 22.0 Å². The van der Waals surface area contributed by atoms with Crippen molar-refractivity contribution < 1.29 is 39.2 Å². The van der Waals surface area contributed by atoms with E-state index in [1.807, 2.05) is 37.3 Å². The Labute approximate surface area is 235 Å². The number of benzene rings is 2. The van der Waals surface area contributed by atoms with Crippen molar-refractivity contribution in [3.63, 3.8) is 0 Å². The fraction of sp³-hybridized carbons (Fsp3) is 0.310. The number of aliphatic carboxylic acids is 1. The van der Waals surface area contributed by atoms with Gasteiger partial charge >= 0.3 is 11.9 Å². The van der Waals surface area contributed by atoms with Gasteiger partial charge in [0.1, 0.15) is 5.03 Å². The fourth-order valence-corrected chi connectivity index (χ4v) is 5.50. The van der Waals surface area contributed by atoms with Gasteiger partial charge in [0.25, 0.3) is 0 Å². The molecule has 11 heteroatoms. The standard InChI is InChI=1S/C29H30N2O8S/c1-17-23(16-40-27-22(28(36)37)6-3-13-30-27)38-29(39-26(17)19-9-7-18(15-32)8-10-19)20-4-2-5-21(14-20)31-24(33)11-12-25(34)35/h2-10,13-14,17,23,26,29,32H,11-12,15-16H2,1H3,(H,31,33)(H,34,35)(H,36,37)/t17-,23+,26+,29+/m0/s1. The first-order valence-corrected chi connectivity index (χ1v) is 13.7. The molecule has 0 saturated carbocycles. The van der Waals surface area contributed by atoms with Crippen LogP contribution in [0.2, 0.25) is 0 Å². The molecule has 0 bridgehead atoms. The highest BCUT2D eigenvalue weighted by Crippen LogP contribution is 2.43. The third kappa shape index (κ3) is 7.45. The summed E-state index contributed by atoms with van der Waals surface area (Å²) in [5, 5.41) is 30.9. The summed E-state index contributed by atoms with van der Waals surface area (Å²) in [6, 6.07) is 17.5. The van der Waals surface area contributed by atoms with E-state index in [9.17, 15) is 24.6 Å². The Morgan fingerprint density at radius 1 is 0.975 bits per heavy atom. The number of thioether (sulfide) groups is 1. The summed E-state index contributed by atoms with van der Waals surface area (Å²) in [6.07, 6.45) is -0.410. The lowest BCUT2D eigenvalue weighted by molar-refractivity contribution is -0.268. The number of amides is 1. The van der Waals surface area contributed by atoms with Crippen LogP contribution in [-0.2, 0) is 25.7 Å². The van der Waals surface area contributed by atoms with Gasteiger partial charge in [-0.3, -0.25) is 9.59 Å². The maximum Gasteiger partial charge on any atom is 0.338 e. The van der Waals surface area contributed by atoms with Crippen LogP contribution in [0.1, 0.15) is 59.2 Å². The topological polar surface area (TPSA) is 155 Å². The van der Waals surface area contributed by atoms with E-state index in [4.69, 9.17) is 14.6 Å². The molecular formula is C29H30N2O8S. The number of hydrogen-bond acceptors (Lipinski definition) is 8. The molecule has 4 atom stereocenters. The number of carboxylic acid groups (broad SMARTS) is 2. The Morgan fingerprint density at radius 3 is 2.45 bits per heavy atom. The smallest absolute Gasteiger partial charge is 0.338 e. The largest absolute Gasteiger partial charge is 0.481 e. The predicted octanol–water partition coefficient (Wildman–Crippen LogP) is 4.66. The van der Waals surface area contributed by atoms with Gasteiger partial charge in [-0.2, -0.15) is 0 Å². The second kappa shape index (κ2) is 13.5. The molecule has 1 amide bonds. The number of aliphatic hydroxyl groups is 1. The third-order valence-corrected chi connectivity index (χ3v) is 7.61. The molecule has 10 nitrogen and oxygen atoms in total. The van der Waals surface area contributed by atoms with Gasteiger partial charge in [-0.1, -0.05) is 43.3 Å². The number of rotatable bonds is 11. The number of carbonyl (C=O) groups is 3. The van der Waals surface area contributed by atoms with E-state index >= 15 is 0 Å². The normalized spacial score (nSPS) is 20.6. The molecule has 1 saturated heterocycles. The van der Waals surface area contributed by atoms with Gasteiger partial charge in [0, 0.05) is 35.5 Å². The molecule has 0 aliphatic carbocycles. The van der Waals surface area contributed by atoms with Crippen molar-refractivity contribution in [2.24, 2.45) is 5.92 Å². The molecular weight excluding hydrogens is 536 g/mol. The number of carbonyl (C=O) groups excluding carboxylic acids is 1. The van der Waals surface area contributed by atoms with E-state index in [-0.39, 0.29) is 43.1 Å². The SMILES string of the molecule is C[C@H]1[C@@H](CSc2ncccc2C(=O)O)O[C@@H](c2cccc(NC(=O)CCC(=O)O)c2)O[C@H]1c1ccc(CO)cc1. The van der Waals surface area contributed by atoms with Gasteiger partial charge in [0.15, 0.2) is 6.29 Å². The zero-order valence-corrected chi connectivity index (χ0v) is 22.5. The van der Waals surface area contributed by atoms with Gasteiger partial charge in [0.05, 0.1) is 30.8 Å². The number of ether oxygens (including phenoxy) is 2. The van der Waals surface area contributed by atoms with Crippen molar-refractivity contribution in [3.8, 4) is 0 Å². The molecule has 1 fully saturated rings. The van der Waals surface area contributed by atoms with Crippen LogP contribution in [0.15, 0.2) is 71.9 Å². The summed E-state index contributed by atoms with van der Waals surface area (Å²) < 4.78 is 12.8. The number of nitrogens with zero attached hydrogens (tertiary/aromatic N) is 1. The molecule has 0 spiro atoms. The summed E-state index contributed by atoms with van der Waals surface area (Å²) in [7, 11) is 0. The molecule has 1 aliphatic heterocycles. The highest BCUT2D eigenvalue weighted by Gasteiger charge is 2.38. The fourth-order valence-electron chi connectivity index (χ4n) is 4.35. The van der Waals surface area contributed by atoms with Crippen LogP contribution < -0.4 is 5.32 Å². The van der Waals surface area contributed by atoms with Crippen molar-refractivity contribution in [3.05, 3.63) is 89.1 Å². The van der Waals surface area contributed by atoms with Crippen LogP contribution in [0.5, 0.6) is 0 Å². The maximum atomic E-state index is 12.2. The van der Waals surface area contributed by atoms with E-state index in [1.165, 1.54) is 17.8 Å². The number of carboxylic acids is 2. The highest BCUT2D eigenvalue weighted by atomic mass is 32.2. The van der Waals surface area contributed by atoms with Crippen LogP contribution in [0.4, 0.5) is 5.69 Å². The van der Waals surface area contributed by atoms with Crippen LogP contribution in [0.3, 0.4) is 0 Å². The number of pyridine rings is 1. The van der Waals surface area contributed by atoms with Crippen molar-refractivity contribution in [1.82, 2.24) is 4.98 Å². The Hall–Kier alpha value is -3.77. The van der Waals surface area contributed by atoms with Crippen LogP contribution in [0.25, 0.3) is 0 Å². The quantitative estimate of drug-likeness (QED) is 0.241. The molecule has 40 heavy (non-hydrogen) atoms. The minimum atomic E-state index is -1.06. The molecule has 4 N–H and O–H groups in total. The number of hydrogen-bond donors (Lipinski definition) is 4. The van der Waals surface area contributed by atoms with E-state index in [0.717, 1.165) is 11.1 Å². The van der Waals surface area contributed by atoms with Crippen molar-refractivity contribution >= 4 is 35.3 Å². The lowest BCUT2D eigenvalue weighted by atomic mass is 9.91. The van der Waals surface area contributed by atoms with Crippen LogP contribution in [-0.4, -0.2) is 50.0 Å². The van der Waals surface area contributed by atoms with E-state index < -0.39 is 24.1 Å². The van der Waals surface area contributed by atoms with E-state index in [1.54, 1.807) is 30.5 Å². The number of aromatic nitrogens is 1. The monoisotopic (exact) mass is 566 g/mol. The van der Waals surface area contributed by atoms with Gasteiger partial charge in [-0.15, -0.1) is 11.8 Å². The Bertz CT molecular complexity index is 1350. The summed E-state index contributed by atoms with van der Waals surface area (Å²) >= 11 is 1.29. The second-order valence-corrected chi connectivity index (χ2v) is 10.4. The molecule has 1 aliphatic rings. The summed E-state index contributed by atoms with van der Waals surface area (Å²) in [6.45, 7) is 1.93.